The van der Waals surface area contributed by atoms with E-state index in [-0.39, 0.29) is 10.6 Å². The van der Waals surface area contributed by atoms with Crippen molar-refractivity contribution in [2.24, 2.45) is 5.41 Å². The fraction of sp³-hybridized carbons (Fsp3) is 0.417. The monoisotopic (exact) mass is 334 g/mol. The van der Waals surface area contributed by atoms with Crippen LogP contribution < -0.4 is 0 Å². The number of rotatable bonds is 4. The highest BCUT2D eigenvalue weighted by Crippen LogP contribution is 2.25. The highest BCUT2D eigenvalue weighted by molar-refractivity contribution is 9.10. The molecule has 0 spiro atoms. The third-order valence-electron chi connectivity index (χ3n) is 2.46. The Labute approximate surface area is 115 Å². The number of esters is 1. The summed E-state index contributed by atoms with van der Waals surface area (Å²) in [5.41, 5.74) is -1.07. The summed E-state index contributed by atoms with van der Waals surface area (Å²) in [6.45, 7) is 3.10. The topological polar surface area (TPSA) is 60.4 Å². The molecule has 0 bridgehead atoms. The first-order valence-electron chi connectivity index (χ1n) is 5.26. The molecule has 0 aliphatic rings. The molecule has 0 aliphatic heterocycles. The minimum absolute atomic E-state index is 0.197. The van der Waals surface area contributed by atoms with Gasteiger partial charge in [-0.2, -0.15) is 0 Å². The average Bonchev–Trinajstić information content (AvgIpc) is 2.27. The normalized spacial score (nSPS) is 12.2. The van der Waals surface area contributed by atoms with E-state index in [9.17, 15) is 13.2 Å². The van der Waals surface area contributed by atoms with E-state index in [0.717, 1.165) is 4.47 Å². The second kappa shape index (κ2) is 5.40. The van der Waals surface area contributed by atoms with Crippen molar-refractivity contribution >= 4 is 31.7 Å². The van der Waals surface area contributed by atoms with Crippen LogP contribution in [0.2, 0.25) is 0 Å². The van der Waals surface area contributed by atoms with Gasteiger partial charge in [0, 0.05) is 4.47 Å². The number of sulfone groups is 1. The molecule has 0 saturated carbocycles. The predicted octanol–water partition coefficient (Wildman–Crippen LogP) is 2.42. The van der Waals surface area contributed by atoms with Gasteiger partial charge in [0.25, 0.3) is 0 Å². The summed E-state index contributed by atoms with van der Waals surface area (Å²) in [6.07, 6.45) is 0. The van der Waals surface area contributed by atoms with Gasteiger partial charge in [0.1, 0.15) is 0 Å². The van der Waals surface area contributed by atoms with Crippen LogP contribution in [0.4, 0.5) is 0 Å². The summed E-state index contributed by atoms with van der Waals surface area (Å²) in [4.78, 5) is 11.7. The number of carbonyl (C=O) groups excluding carboxylic acids is 1. The molecule has 1 aromatic rings. The Hall–Kier alpha value is -0.880. The first kappa shape index (κ1) is 15.2. The quantitative estimate of drug-likeness (QED) is 0.793. The Bertz CT molecular complexity index is 532. The Morgan fingerprint density at radius 3 is 2.22 bits per heavy atom. The van der Waals surface area contributed by atoms with Gasteiger partial charge in [-0.1, -0.05) is 15.9 Å². The zero-order chi connectivity index (χ0) is 14.0. The lowest BCUT2D eigenvalue weighted by molar-refractivity contribution is -0.149. The van der Waals surface area contributed by atoms with E-state index in [1.165, 1.54) is 19.2 Å². The molecule has 18 heavy (non-hydrogen) atoms. The van der Waals surface area contributed by atoms with Gasteiger partial charge in [-0.3, -0.25) is 4.79 Å². The van der Waals surface area contributed by atoms with Crippen molar-refractivity contribution in [2.75, 3.05) is 12.9 Å². The molecule has 6 heteroatoms. The molecule has 1 aromatic carbocycles. The van der Waals surface area contributed by atoms with E-state index in [4.69, 9.17) is 0 Å². The molecule has 0 radical (unpaired) electrons. The number of benzene rings is 1. The fourth-order valence-electron chi connectivity index (χ4n) is 1.54. The van der Waals surface area contributed by atoms with Crippen molar-refractivity contribution in [3.8, 4) is 0 Å². The van der Waals surface area contributed by atoms with E-state index in [0.29, 0.717) is 0 Å². The largest absolute Gasteiger partial charge is 0.469 e. The molecule has 1 rings (SSSR count). The van der Waals surface area contributed by atoms with E-state index in [1.807, 2.05) is 0 Å². The van der Waals surface area contributed by atoms with Crippen molar-refractivity contribution in [1.82, 2.24) is 0 Å². The van der Waals surface area contributed by atoms with Crippen LogP contribution in [0.1, 0.15) is 13.8 Å². The molecule has 0 unspecified atom stereocenters. The smallest absolute Gasteiger partial charge is 0.312 e. The van der Waals surface area contributed by atoms with Gasteiger partial charge in [0.05, 0.1) is 23.2 Å². The number of hydrogen-bond donors (Lipinski definition) is 0. The first-order valence-corrected chi connectivity index (χ1v) is 7.70. The molecular formula is C12H15BrO4S. The maximum atomic E-state index is 12.2. The zero-order valence-corrected chi connectivity index (χ0v) is 12.8. The minimum Gasteiger partial charge on any atom is -0.469 e. The molecule has 0 aromatic heterocycles. The number of ether oxygens (including phenoxy) is 1. The summed E-state index contributed by atoms with van der Waals surface area (Å²) in [6, 6.07) is 6.32. The van der Waals surface area contributed by atoms with Gasteiger partial charge in [-0.05, 0) is 38.1 Å². The van der Waals surface area contributed by atoms with Crippen LogP contribution in [0, 0.1) is 5.41 Å². The van der Waals surface area contributed by atoms with Gasteiger partial charge in [0.2, 0.25) is 0 Å². The van der Waals surface area contributed by atoms with Crippen molar-refractivity contribution < 1.29 is 17.9 Å². The summed E-state index contributed by atoms with van der Waals surface area (Å²) < 4.78 is 29.7. The lowest BCUT2D eigenvalue weighted by Gasteiger charge is -2.21. The Kier molecular flexibility index (Phi) is 4.55. The minimum atomic E-state index is -3.51. The fourth-order valence-corrected chi connectivity index (χ4v) is 3.59. The van der Waals surface area contributed by atoms with Crippen molar-refractivity contribution in [1.29, 1.82) is 0 Å². The van der Waals surface area contributed by atoms with Crippen LogP contribution in [-0.2, 0) is 19.4 Å². The van der Waals surface area contributed by atoms with Crippen molar-refractivity contribution in [3.63, 3.8) is 0 Å². The third kappa shape index (κ3) is 3.55. The van der Waals surface area contributed by atoms with Crippen LogP contribution in [0.15, 0.2) is 33.6 Å². The number of hydrogen-bond acceptors (Lipinski definition) is 4. The van der Waals surface area contributed by atoms with Crippen LogP contribution >= 0.6 is 15.9 Å². The van der Waals surface area contributed by atoms with Crippen LogP contribution in [0.3, 0.4) is 0 Å². The van der Waals surface area contributed by atoms with Crippen molar-refractivity contribution in [3.05, 3.63) is 28.7 Å². The second-order valence-electron chi connectivity index (χ2n) is 4.59. The van der Waals surface area contributed by atoms with E-state index < -0.39 is 21.2 Å². The number of methoxy groups -OCH3 is 1. The summed E-state index contributed by atoms with van der Waals surface area (Å²) in [7, 11) is -2.27. The van der Waals surface area contributed by atoms with E-state index >= 15 is 0 Å². The highest BCUT2D eigenvalue weighted by Gasteiger charge is 2.35. The van der Waals surface area contributed by atoms with Gasteiger partial charge >= 0.3 is 5.97 Å². The van der Waals surface area contributed by atoms with E-state index in [2.05, 4.69) is 20.7 Å². The van der Waals surface area contributed by atoms with Gasteiger partial charge < -0.3 is 4.74 Å². The van der Waals surface area contributed by atoms with Crippen LogP contribution in [0.25, 0.3) is 0 Å². The standard InChI is InChI=1S/C12H15BrO4S/c1-12(2,11(14)17-3)8-18(15,16)10-6-4-9(13)5-7-10/h4-7H,8H2,1-3H3. The van der Waals surface area contributed by atoms with Gasteiger partial charge in [-0.25, -0.2) is 8.42 Å². The molecule has 0 fully saturated rings. The molecule has 0 heterocycles. The van der Waals surface area contributed by atoms with Crippen LogP contribution in [0.5, 0.6) is 0 Å². The molecule has 0 amide bonds. The Balaban J connectivity index is 3.02. The Morgan fingerprint density at radius 1 is 1.28 bits per heavy atom. The molecule has 0 N–H and O–H groups in total. The summed E-state index contributed by atoms with van der Waals surface area (Å²) in [5.74, 6) is -0.822. The third-order valence-corrected chi connectivity index (χ3v) is 5.08. The van der Waals surface area contributed by atoms with Crippen molar-refractivity contribution in [2.45, 2.75) is 18.7 Å². The number of carbonyl (C=O) groups is 1. The predicted molar refractivity (Wildman–Crippen MR) is 72.0 cm³/mol. The second-order valence-corrected chi connectivity index (χ2v) is 7.49. The molecule has 4 nitrogen and oxygen atoms in total. The van der Waals surface area contributed by atoms with Gasteiger partial charge in [-0.15, -0.1) is 0 Å². The summed E-state index contributed by atoms with van der Waals surface area (Å²) in [5, 5.41) is 0. The lowest BCUT2D eigenvalue weighted by Crippen LogP contribution is -2.33. The maximum Gasteiger partial charge on any atom is 0.312 e. The zero-order valence-electron chi connectivity index (χ0n) is 10.4. The molecule has 0 saturated heterocycles. The number of halogens is 1. The van der Waals surface area contributed by atoms with E-state index in [1.54, 1.807) is 26.0 Å². The molecule has 0 atom stereocenters. The lowest BCUT2D eigenvalue weighted by atomic mass is 9.97. The molecular weight excluding hydrogens is 320 g/mol. The first-order chi connectivity index (χ1) is 8.19. The summed E-state index contributed by atoms with van der Waals surface area (Å²) >= 11 is 3.24. The average molecular weight is 335 g/mol. The Morgan fingerprint density at radius 2 is 1.78 bits per heavy atom. The highest BCUT2D eigenvalue weighted by atomic mass is 79.9. The maximum absolute atomic E-state index is 12.2. The molecule has 0 aliphatic carbocycles. The van der Waals surface area contributed by atoms with Gasteiger partial charge in [0.15, 0.2) is 9.84 Å². The SMILES string of the molecule is COC(=O)C(C)(C)CS(=O)(=O)c1ccc(Br)cc1. The molecule has 100 valence electrons. The van der Waals surface area contributed by atoms with Crippen LogP contribution in [-0.4, -0.2) is 27.2 Å².